The molecule has 0 unspecified atom stereocenters. The van der Waals surface area contributed by atoms with Gasteiger partial charge in [0, 0.05) is 6.54 Å². The first-order chi connectivity index (χ1) is 9.65. The third-order valence-electron chi connectivity index (χ3n) is 2.59. The van der Waals surface area contributed by atoms with E-state index in [0.717, 1.165) is 17.1 Å². The van der Waals surface area contributed by atoms with E-state index in [1.165, 1.54) is 0 Å². The molecule has 106 valence electrons. The van der Waals surface area contributed by atoms with Crippen LogP contribution in [0.1, 0.15) is 13.3 Å². The molecule has 1 N–H and O–H groups in total. The summed E-state index contributed by atoms with van der Waals surface area (Å²) in [6.45, 7) is 2.24. The highest BCUT2D eigenvalue weighted by Gasteiger charge is 2.23. The van der Waals surface area contributed by atoms with Gasteiger partial charge in [-0.3, -0.25) is 0 Å². The van der Waals surface area contributed by atoms with Crippen molar-refractivity contribution in [2.75, 3.05) is 6.54 Å². The summed E-state index contributed by atoms with van der Waals surface area (Å²) in [6, 6.07) is 9.26. The van der Waals surface area contributed by atoms with Gasteiger partial charge in [0.15, 0.2) is 0 Å². The van der Waals surface area contributed by atoms with Crippen LogP contribution in [-0.4, -0.2) is 24.5 Å². The van der Waals surface area contributed by atoms with Crippen LogP contribution in [0.25, 0.3) is 10.4 Å². The highest BCUT2D eigenvalue weighted by molar-refractivity contribution is 7.89. The summed E-state index contributed by atoms with van der Waals surface area (Å²) in [5.41, 5.74) is 0.802. The normalized spacial score (nSPS) is 12.1. The Bertz CT molecular complexity index is 679. The van der Waals surface area contributed by atoms with E-state index in [9.17, 15) is 8.42 Å². The number of rotatable bonds is 6. The summed E-state index contributed by atoms with van der Waals surface area (Å²) in [5, 5.41) is 3.76. The molecule has 0 amide bonds. The number of benzene rings is 1. The molecular formula is C13H15N3O2S2. The summed E-state index contributed by atoms with van der Waals surface area (Å²) in [4.78, 5) is 0.559. The Balaban J connectivity index is 2.23. The summed E-state index contributed by atoms with van der Waals surface area (Å²) in [7, 11) is -3.62. The number of hydrogen-bond donors (Lipinski definition) is 1. The third-order valence-corrected chi connectivity index (χ3v) is 4.87. The first kappa shape index (κ1) is 14.8. The van der Waals surface area contributed by atoms with Gasteiger partial charge in [-0.15, -0.1) is 5.10 Å². The largest absolute Gasteiger partial charge is 0.261 e. The van der Waals surface area contributed by atoms with Crippen molar-refractivity contribution >= 4 is 21.6 Å². The number of nitrogens with one attached hydrogen (secondary N) is 1. The van der Waals surface area contributed by atoms with Crippen LogP contribution in [0, 0.1) is 0 Å². The van der Waals surface area contributed by atoms with Gasteiger partial charge in [0.25, 0.3) is 10.0 Å². The molecule has 0 aliphatic heterocycles. The first-order valence-corrected chi connectivity index (χ1v) is 8.39. The third kappa shape index (κ3) is 3.50. The van der Waals surface area contributed by atoms with Crippen molar-refractivity contribution in [3.05, 3.63) is 42.5 Å². The van der Waals surface area contributed by atoms with Crippen LogP contribution in [-0.2, 0) is 10.0 Å². The maximum Gasteiger partial charge on any atom is 0.261 e. The summed E-state index contributed by atoms with van der Waals surface area (Å²) >= 11 is 1.08. The predicted molar refractivity (Wildman–Crippen MR) is 80.0 cm³/mol. The van der Waals surface area contributed by atoms with Gasteiger partial charge in [-0.05, 0) is 30.4 Å². The van der Waals surface area contributed by atoms with Crippen LogP contribution in [0.3, 0.4) is 0 Å². The lowest BCUT2D eigenvalue weighted by Crippen LogP contribution is -2.25. The minimum atomic E-state index is -3.62. The van der Waals surface area contributed by atoms with Gasteiger partial charge in [0.1, 0.15) is 0 Å². The van der Waals surface area contributed by atoms with Gasteiger partial charge >= 0.3 is 0 Å². The lowest BCUT2D eigenvalue weighted by atomic mass is 10.2. The van der Waals surface area contributed by atoms with Gasteiger partial charge in [-0.1, -0.05) is 47.0 Å². The minimum absolute atomic E-state index is 0.00539. The molecule has 0 radical (unpaired) electrons. The number of sulfonamides is 1. The lowest BCUT2D eigenvalue weighted by Gasteiger charge is -2.04. The van der Waals surface area contributed by atoms with E-state index in [-0.39, 0.29) is 5.03 Å². The molecular weight excluding hydrogens is 294 g/mol. The van der Waals surface area contributed by atoms with Gasteiger partial charge in [0.05, 0.1) is 4.88 Å². The van der Waals surface area contributed by atoms with Crippen molar-refractivity contribution in [2.45, 2.75) is 18.4 Å². The molecule has 0 spiro atoms. The summed E-state index contributed by atoms with van der Waals surface area (Å²) < 4.78 is 30.7. The van der Waals surface area contributed by atoms with Crippen LogP contribution < -0.4 is 4.72 Å². The van der Waals surface area contributed by atoms with Crippen molar-refractivity contribution in [3.8, 4) is 10.4 Å². The average Bonchev–Trinajstić information content (AvgIpc) is 2.95. The number of nitrogens with zero attached hydrogens (tertiary/aromatic N) is 2. The van der Waals surface area contributed by atoms with Crippen molar-refractivity contribution in [1.82, 2.24) is 14.3 Å². The standard InChI is InChI=1S/C13H15N3O2S2/c1-2-3-7-10-14-20(17,18)13-12(19-16-15-13)11-8-5-4-6-9-11/h2-6,8-9,14H,7,10H2,1H3/b3-2+. The fourth-order valence-electron chi connectivity index (χ4n) is 1.64. The molecule has 0 aliphatic carbocycles. The van der Waals surface area contributed by atoms with Gasteiger partial charge in [-0.2, -0.15) is 0 Å². The van der Waals surface area contributed by atoms with E-state index in [1.54, 1.807) is 0 Å². The van der Waals surface area contributed by atoms with Crippen molar-refractivity contribution < 1.29 is 8.42 Å². The zero-order valence-electron chi connectivity index (χ0n) is 11.0. The van der Waals surface area contributed by atoms with Gasteiger partial charge in [0.2, 0.25) is 5.03 Å². The molecule has 0 atom stereocenters. The molecule has 0 fully saturated rings. The zero-order valence-corrected chi connectivity index (χ0v) is 12.6. The van der Waals surface area contributed by atoms with Crippen LogP contribution in [0.5, 0.6) is 0 Å². The van der Waals surface area contributed by atoms with Crippen LogP contribution in [0.2, 0.25) is 0 Å². The molecule has 2 aromatic rings. The second-order valence-corrected chi connectivity index (χ2v) is 6.47. The highest BCUT2D eigenvalue weighted by Crippen LogP contribution is 2.28. The predicted octanol–water partition coefficient (Wildman–Crippen LogP) is 2.45. The molecule has 5 nitrogen and oxygen atoms in total. The Morgan fingerprint density at radius 1 is 1.30 bits per heavy atom. The Morgan fingerprint density at radius 3 is 2.75 bits per heavy atom. The van der Waals surface area contributed by atoms with Crippen LogP contribution in [0.15, 0.2) is 47.5 Å². The molecule has 1 heterocycles. The van der Waals surface area contributed by atoms with E-state index in [1.807, 2.05) is 49.4 Å². The SMILES string of the molecule is C/C=C/CCNS(=O)(=O)c1nnsc1-c1ccccc1. The second-order valence-electron chi connectivity index (χ2n) is 4.03. The Labute approximate surface area is 122 Å². The number of allylic oxidation sites excluding steroid dienone is 1. The molecule has 1 aromatic carbocycles. The van der Waals surface area contributed by atoms with Crippen LogP contribution in [0.4, 0.5) is 0 Å². The van der Waals surface area contributed by atoms with E-state index < -0.39 is 10.0 Å². The average molecular weight is 309 g/mol. The zero-order chi connectivity index (χ0) is 14.4. The summed E-state index contributed by atoms with van der Waals surface area (Å²) in [6.07, 6.45) is 4.43. The molecule has 0 aliphatic rings. The monoisotopic (exact) mass is 309 g/mol. The maximum atomic E-state index is 12.2. The highest BCUT2D eigenvalue weighted by atomic mass is 32.2. The molecule has 2 rings (SSSR count). The van der Waals surface area contributed by atoms with E-state index in [4.69, 9.17) is 0 Å². The molecule has 0 saturated carbocycles. The van der Waals surface area contributed by atoms with Gasteiger partial charge in [-0.25, -0.2) is 13.1 Å². The quantitative estimate of drug-likeness (QED) is 0.657. The fourth-order valence-corrected chi connectivity index (χ4v) is 3.73. The second kappa shape index (κ2) is 6.74. The molecule has 20 heavy (non-hydrogen) atoms. The maximum absolute atomic E-state index is 12.2. The number of aromatic nitrogens is 2. The smallest absolute Gasteiger partial charge is 0.209 e. The number of hydrogen-bond acceptors (Lipinski definition) is 5. The van der Waals surface area contributed by atoms with Crippen LogP contribution >= 0.6 is 11.5 Å². The minimum Gasteiger partial charge on any atom is -0.209 e. The fraction of sp³-hybridized carbons (Fsp3) is 0.231. The molecule has 1 aromatic heterocycles. The molecule has 0 bridgehead atoms. The van der Waals surface area contributed by atoms with Crippen molar-refractivity contribution in [3.63, 3.8) is 0 Å². The van der Waals surface area contributed by atoms with E-state index in [0.29, 0.717) is 17.8 Å². The van der Waals surface area contributed by atoms with Gasteiger partial charge < -0.3 is 0 Å². The molecule has 7 heteroatoms. The Morgan fingerprint density at radius 2 is 2.05 bits per heavy atom. The van der Waals surface area contributed by atoms with E-state index >= 15 is 0 Å². The summed E-state index contributed by atoms with van der Waals surface area (Å²) in [5.74, 6) is 0. The molecule has 0 saturated heterocycles. The van der Waals surface area contributed by atoms with Crippen molar-refractivity contribution in [2.24, 2.45) is 0 Å². The Hall–Kier alpha value is -1.57. The first-order valence-electron chi connectivity index (χ1n) is 6.14. The lowest BCUT2D eigenvalue weighted by molar-refractivity contribution is 0.578. The Kier molecular flexibility index (Phi) is 4.99. The van der Waals surface area contributed by atoms with E-state index in [2.05, 4.69) is 14.3 Å². The van der Waals surface area contributed by atoms with Crippen molar-refractivity contribution in [1.29, 1.82) is 0 Å². The topological polar surface area (TPSA) is 72.0 Å².